The quantitative estimate of drug-likeness (QED) is 0.777. The van der Waals surface area contributed by atoms with E-state index >= 15 is 0 Å². The maximum atomic E-state index is 13.2. The molecule has 0 saturated heterocycles. The van der Waals surface area contributed by atoms with Gasteiger partial charge in [0.05, 0.1) is 0 Å². The average molecular weight is 358 g/mol. The van der Waals surface area contributed by atoms with Crippen LogP contribution in [0.5, 0.6) is 0 Å². The Labute approximate surface area is 150 Å². The molecular formula is C19H19FN2O4. The van der Waals surface area contributed by atoms with E-state index < -0.39 is 36.2 Å². The molecule has 0 aliphatic heterocycles. The summed E-state index contributed by atoms with van der Waals surface area (Å²) in [6, 6.07) is 11.5. The Morgan fingerprint density at radius 3 is 2.50 bits per heavy atom. The van der Waals surface area contributed by atoms with Crippen molar-refractivity contribution in [1.29, 1.82) is 0 Å². The third kappa shape index (κ3) is 5.41. The minimum Gasteiger partial charge on any atom is -0.454 e. The number of benzene rings is 2. The number of esters is 1. The van der Waals surface area contributed by atoms with E-state index in [4.69, 9.17) is 4.74 Å². The molecule has 0 unspecified atom stereocenters. The Morgan fingerprint density at radius 2 is 1.81 bits per heavy atom. The molecule has 0 aliphatic carbocycles. The fraction of sp³-hybridized carbons (Fsp3) is 0.211. The Balaban J connectivity index is 1.82. The number of hydrogen-bond acceptors (Lipinski definition) is 4. The lowest BCUT2D eigenvalue weighted by molar-refractivity contribution is -0.148. The molecule has 6 nitrogen and oxygen atoms in total. The second kappa shape index (κ2) is 8.75. The van der Waals surface area contributed by atoms with Gasteiger partial charge in [0.2, 0.25) is 0 Å². The molecule has 2 rings (SSSR count). The number of halogens is 1. The van der Waals surface area contributed by atoms with Crippen LogP contribution in [0.25, 0.3) is 0 Å². The number of rotatable bonds is 6. The molecule has 0 aromatic heterocycles. The van der Waals surface area contributed by atoms with Gasteiger partial charge in [0.25, 0.3) is 11.8 Å². The molecule has 0 saturated carbocycles. The molecule has 0 bridgehead atoms. The number of hydrogen-bond donors (Lipinski definition) is 2. The number of carbonyl (C=O) groups excluding carboxylic acids is 3. The Bertz CT molecular complexity index is 808. The van der Waals surface area contributed by atoms with E-state index in [0.717, 1.165) is 0 Å². The van der Waals surface area contributed by atoms with Crippen LogP contribution in [-0.4, -0.2) is 30.4 Å². The Morgan fingerprint density at radius 1 is 1.12 bits per heavy atom. The lowest BCUT2D eigenvalue weighted by atomic mass is 10.2. The van der Waals surface area contributed by atoms with E-state index in [1.54, 1.807) is 37.3 Å². The van der Waals surface area contributed by atoms with Crippen molar-refractivity contribution in [3.63, 3.8) is 0 Å². The molecule has 7 heteroatoms. The van der Waals surface area contributed by atoms with Gasteiger partial charge < -0.3 is 15.4 Å². The van der Waals surface area contributed by atoms with Gasteiger partial charge in [-0.1, -0.05) is 24.3 Å². The molecule has 0 aliphatic rings. The zero-order valence-corrected chi connectivity index (χ0v) is 14.4. The van der Waals surface area contributed by atoms with Crippen LogP contribution >= 0.6 is 0 Å². The maximum absolute atomic E-state index is 13.2. The van der Waals surface area contributed by atoms with Crippen molar-refractivity contribution in [1.82, 2.24) is 5.32 Å². The molecule has 0 spiro atoms. The van der Waals surface area contributed by atoms with E-state index in [-0.39, 0.29) is 0 Å². The first kappa shape index (κ1) is 19.1. The van der Waals surface area contributed by atoms with Crippen molar-refractivity contribution in [2.75, 3.05) is 11.9 Å². The number of ether oxygens (including phenoxy) is 1. The third-order valence-electron chi connectivity index (χ3n) is 3.56. The van der Waals surface area contributed by atoms with Gasteiger partial charge in [0.1, 0.15) is 11.9 Å². The van der Waals surface area contributed by atoms with Crippen molar-refractivity contribution in [3.05, 3.63) is 65.5 Å². The zero-order valence-electron chi connectivity index (χ0n) is 14.4. The van der Waals surface area contributed by atoms with Gasteiger partial charge in [-0.25, -0.2) is 9.18 Å². The molecule has 1 atom stereocenters. The predicted octanol–water partition coefficient (Wildman–Crippen LogP) is 2.43. The van der Waals surface area contributed by atoms with Gasteiger partial charge in [-0.2, -0.15) is 0 Å². The maximum Gasteiger partial charge on any atom is 0.328 e. The van der Waals surface area contributed by atoms with E-state index in [1.807, 2.05) is 0 Å². The minimum atomic E-state index is -0.925. The molecule has 0 heterocycles. The van der Waals surface area contributed by atoms with Crippen LogP contribution in [0.15, 0.2) is 48.5 Å². The number of nitrogens with one attached hydrogen (secondary N) is 2. The molecule has 26 heavy (non-hydrogen) atoms. The Hall–Kier alpha value is -3.22. The summed E-state index contributed by atoms with van der Waals surface area (Å²) in [7, 11) is 0. The number of amides is 2. The van der Waals surface area contributed by atoms with Crippen LogP contribution < -0.4 is 10.6 Å². The van der Waals surface area contributed by atoms with Crippen LogP contribution in [0.3, 0.4) is 0 Å². The summed E-state index contributed by atoms with van der Waals surface area (Å²) in [4.78, 5) is 35.7. The van der Waals surface area contributed by atoms with Crippen LogP contribution in [0.2, 0.25) is 0 Å². The van der Waals surface area contributed by atoms with E-state index in [9.17, 15) is 18.8 Å². The highest BCUT2D eigenvalue weighted by molar-refractivity contribution is 5.97. The minimum absolute atomic E-state index is 0.302. The predicted molar refractivity (Wildman–Crippen MR) is 94.1 cm³/mol. The zero-order chi connectivity index (χ0) is 19.1. The smallest absolute Gasteiger partial charge is 0.328 e. The van der Waals surface area contributed by atoms with E-state index in [0.29, 0.717) is 16.8 Å². The lowest BCUT2D eigenvalue weighted by Gasteiger charge is -2.14. The van der Waals surface area contributed by atoms with Crippen molar-refractivity contribution < 1.29 is 23.5 Å². The highest BCUT2D eigenvalue weighted by atomic mass is 19.1. The number of anilines is 1. The highest BCUT2D eigenvalue weighted by Crippen LogP contribution is 2.15. The molecule has 0 radical (unpaired) electrons. The average Bonchev–Trinajstić information content (AvgIpc) is 2.63. The summed E-state index contributed by atoms with van der Waals surface area (Å²) in [5.41, 5.74) is 1.39. The standard InChI is InChI=1S/C19H19FN2O4/c1-12-8-9-15(20)10-16(12)22-17(23)11-26-19(25)13(2)21-18(24)14-6-4-3-5-7-14/h3-10,13H,11H2,1-2H3,(H,21,24)(H,22,23)/t13-/m0/s1. The van der Waals surface area contributed by atoms with Crippen LogP contribution in [0.1, 0.15) is 22.8 Å². The summed E-state index contributed by atoms with van der Waals surface area (Å²) < 4.78 is 18.1. The van der Waals surface area contributed by atoms with Crippen molar-refractivity contribution in [2.45, 2.75) is 19.9 Å². The van der Waals surface area contributed by atoms with Gasteiger partial charge in [-0.15, -0.1) is 0 Å². The first-order chi connectivity index (χ1) is 12.4. The fourth-order valence-corrected chi connectivity index (χ4v) is 2.11. The molecule has 2 amide bonds. The van der Waals surface area contributed by atoms with Gasteiger partial charge >= 0.3 is 5.97 Å². The topological polar surface area (TPSA) is 84.5 Å². The first-order valence-corrected chi connectivity index (χ1v) is 7.95. The third-order valence-corrected chi connectivity index (χ3v) is 3.56. The molecular weight excluding hydrogens is 339 g/mol. The van der Waals surface area contributed by atoms with Gasteiger partial charge in [-0.3, -0.25) is 9.59 Å². The van der Waals surface area contributed by atoms with Crippen molar-refractivity contribution in [2.24, 2.45) is 0 Å². The Kier molecular flexibility index (Phi) is 6.43. The first-order valence-electron chi connectivity index (χ1n) is 7.95. The van der Waals surface area contributed by atoms with Gasteiger partial charge in [0.15, 0.2) is 6.61 Å². The number of carbonyl (C=O) groups is 3. The summed E-state index contributed by atoms with van der Waals surface area (Å²) in [5, 5.41) is 4.96. The monoisotopic (exact) mass is 358 g/mol. The summed E-state index contributed by atoms with van der Waals surface area (Å²) >= 11 is 0. The van der Waals surface area contributed by atoms with Crippen LogP contribution in [0.4, 0.5) is 10.1 Å². The van der Waals surface area contributed by atoms with Crippen molar-refractivity contribution in [3.8, 4) is 0 Å². The molecule has 0 fully saturated rings. The summed E-state index contributed by atoms with van der Waals surface area (Å²) in [6.07, 6.45) is 0. The van der Waals surface area contributed by atoms with Gasteiger partial charge in [-0.05, 0) is 43.7 Å². The molecule has 2 aromatic rings. The lowest BCUT2D eigenvalue weighted by Crippen LogP contribution is -2.40. The van der Waals surface area contributed by atoms with Crippen LogP contribution in [-0.2, 0) is 14.3 Å². The molecule has 136 valence electrons. The van der Waals surface area contributed by atoms with E-state index in [1.165, 1.54) is 25.1 Å². The summed E-state index contributed by atoms with van der Waals surface area (Å²) in [5.74, 6) is -2.26. The second-order valence-electron chi connectivity index (χ2n) is 5.68. The van der Waals surface area contributed by atoms with Crippen molar-refractivity contribution >= 4 is 23.5 Å². The van der Waals surface area contributed by atoms with Crippen LogP contribution in [0, 0.1) is 12.7 Å². The molecule has 2 aromatic carbocycles. The largest absolute Gasteiger partial charge is 0.454 e. The SMILES string of the molecule is Cc1ccc(F)cc1NC(=O)COC(=O)[C@H](C)NC(=O)c1ccccc1. The fourth-order valence-electron chi connectivity index (χ4n) is 2.11. The highest BCUT2D eigenvalue weighted by Gasteiger charge is 2.19. The normalized spacial score (nSPS) is 11.3. The molecule has 2 N–H and O–H groups in total. The van der Waals surface area contributed by atoms with Gasteiger partial charge in [0, 0.05) is 11.3 Å². The number of aryl methyl sites for hydroxylation is 1. The van der Waals surface area contributed by atoms with E-state index in [2.05, 4.69) is 10.6 Å². The second-order valence-corrected chi connectivity index (χ2v) is 5.68. The summed E-state index contributed by atoms with van der Waals surface area (Å²) in [6.45, 7) is 2.63.